The molecule has 1 saturated carbocycles. The van der Waals surface area contributed by atoms with Gasteiger partial charge >= 0.3 is 6.18 Å². The van der Waals surface area contributed by atoms with E-state index < -0.39 is 11.7 Å². The van der Waals surface area contributed by atoms with E-state index in [2.05, 4.69) is 17.2 Å². The molecule has 6 heteroatoms. The number of pyridine rings is 1. The number of ether oxygens (including phenoxy) is 1. The van der Waals surface area contributed by atoms with Gasteiger partial charge in [-0.25, -0.2) is 0 Å². The Hall–Kier alpha value is -1.46. The van der Waals surface area contributed by atoms with Crippen LogP contribution in [0.5, 0.6) is 5.88 Å². The highest BCUT2D eigenvalue weighted by Gasteiger charge is 2.33. The zero-order valence-corrected chi connectivity index (χ0v) is 12.3. The first-order valence-corrected chi connectivity index (χ1v) is 7.37. The van der Waals surface area contributed by atoms with Crippen LogP contribution in [0.25, 0.3) is 0 Å². The van der Waals surface area contributed by atoms with E-state index >= 15 is 0 Å². The van der Waals surface area contributed by atoms with E-state index in [0.717, 1.165) is 44.2 Å². The van der Waals surface area contributed by atoms with Crippen molar-refractivity contribution in [3.8, 4) is 5.88 Å². The summed E-state index contributed by atoms with van der Waals surface area (Å²) < 4.78 is 44.5. The van der Waals surface area contributed by atoms with Gasteiger partial charge in [0.15, 0.2) is 0 Å². The predicted molar refractivity (Wildman–Crippen MR) is 75.5 cm³/mol. The second kappa shape index (κ2) is 6.54. The van der Waals surface area contributed by atoms with E-state index in [-0.39, 0.29) is 17.8 Å². The zero-order chi connectivity index (χ0) is 15.5. The molecule has 0 saturated heterocycles. The minimum atomic E-state index is -4.40. The van der Waals surface area contributed by atoms with Crippen molar-refractivity contribution in [2.75, 3.05) is 12.4 Å². The van der Waals surface area contributed by atoms with Crippen LogP contribution < -0.4 is 10.1 Å². The Morgan fingerprint density at radius 3 is 2.62 bits per heavy atom. The zero-order valence-electron chi connectivity index (χ0n) is 12.3. The summed E-state index contributed by atoms with van der Waals surface area (Å²) in [5.74, 6) is 0.622. The van der Waals surface area contributed by atoms with Crippen LogP contribution in [0.15, 0.2) is 12.1 Å². The second-order valence-corrected chi connectivity index (χ2v) is 5.44. The Bertz CT molecular complexity index is 476. The van der Waals surface area contributed by atoms with Crippen molar-refractivity contribution < 1.29 is 17.9 Å². The molecule has 2 atom stereocenters. The first kappa shape index (κ1) is 15.9. The minimum Gasteiger partial charge on any atom is -0.474 e. The molecule has 0 radical (unpaired) electrons. The van der Waals surface area contributed by atoms with E-state index in [0.29, 0.717) is 5.92 Å². The Morgan fingerprint density at radius 2 is 2.00 bits per heavy atom. The summed E-state index contributed by atoms with van der Waals surface area (Å²) in [6, 6.07) is 1.98. The summed E-state index contributed by atoms with van der Waals surface area (Å²) in [7, 11) is 1.54. The molecule has 118 valence electrons. The van der Waals surface area contributed by atoms with Gasteiger partial charge in [0.1, 0.15) is 11.9 Å². The average molecular weight is 302 g/mol. The normalized spacial score (nSPS) is 22.9. The van der Waals surface area contributed by atoms with Gasteiger partial charge in [0.05, 0.1) is 5.56 Å². The third-order valence-electron chi connectivity index (χ3n) is 4.02. The lowest BCUT2D eigenvalue weighted by molar-refractivity contribution is -0.137. The van der Waals surface area contributed by atoms with Gasteiger partial charge in [0, 0.05) is 13.1 Å². The lowest BCUT2D eigenvalue weighted by atomic mass is 9.85. The first-order chi connectivity index (χ1) is 9.94. The molecule has 1 aliphatic carbocycles. The maximum absolute atomic E-state index is 12.9. The maximum Gasteiger partial charge on any atom is 0.416 e. The molecule has 1 aromatic rings. The molecule has 0 spiro atoms. The fourth-order valence-corrected chi connectivity index (χ4v) is 2.81. The van der Waals surface area contributed by atoms with Crippen LogP contribution in [0.2, 0.25) is 0 Å². The number of alkyl halides is 3. The van der Waals surface area contributed by atoms with E-state index in [1.54, 1.807) is 7.05 Å². The van der Waals surface area contributed by atoms with Crippen LogP contribution in [0, 0.1) is 5.92 Å². The molecule has 0 aliphatic heterocycles. The Morgan fingerprint density at radius 1 is 1.29 bits per heavy atom. The second-order valence-electron chi connectivity index (χ2n) is 5.44. The van der Waals surface area contributed by atoms with Crippen molar-refractivity contribution in [1.29, 1.82) is 0 Å². The number of anilines is 1. The molecule has 0 bridgehead atoms. The number of halogens is 3. The molecule has 1 heterocycles. The lowest BCUT2D eigenvalue weighted by Gasteiger charge is -2.31. The number of hydrogen-bond donors (Lipinski definition) is 1. The lowest BCUT2D eigenvalue weighted by Crippen LogP contribution is -2.30. The van der Waals surface area contributed by atoms with E-state index in [1.807, 2.05) is 0 Å². The number of nitrogens with zero attached hydrogens (tertiary/aromatic N) is 1. The molecule has 21 heavy (non-hydrogen) atoms. The number of hydrogen-bond acceptors (Lipinski definition) is 3. The highest BCUT2D eigenvalue weighted by Crippen LogP contribution is 2.35. The van der Waals surface area contributed by atoms with Gasteiger partial charge in [0.25, 0.3) is 0 Å². The van der Waals surface area contributed by atoms with E-state index in [1.165, 1.54) is 0 Å². The number of rotatable bonds is 4. The molecular weight excluding hydrogens is 281 g/mol. The van der Waals surface area contributed by atoms with Crippen molar-refractivity contribution in [3.63, 3.8) is 0 Å². The van der Waals surface area contributed by atoms with Crippen LogP contribution in [0.4, 0.5) is 19.0 Å². The molecule has 0 amide bonds. The molecule has 3 nitrogen and oxygen atoms in total. The predicted octanol–water partition coefficient (Wildman–Crippen LogP) is 4.49. The largest absolute Gasteiger partial charge is 0.474 e. The van der Waals surface area contributed by atoms with Crippen molar-refractivity contribution in [2.24, 2.45) is 5.92 Å². The first-order valence-electron chi connectivity index (χ1n) is 7.37. The highest BCUT2D eigenvalue weighted by atomic mass is 19.4. The van der Waals surface area contributed by atoms with Crippen molar-refractivity contribution in [1.82, 2.24) is 4.98 Å². The monoisotopic (exact) mass is 302 g/mol. The topological polar surface area (TPSA) is 34.1 Å². The van der Waals surface area contributed by atoms with Gasteiger partial charge in [-0.15, -0.1) is 0 Å². The molecule has 1 fully saturated rings. The fraction of sp³-hybridized carbons (Fsp3) is 0.667. The van der Waals surface area contributed by atoms with Gasteiger partial charge in [-0.05, 0) is 37.7 Å². The van der Waals surface area contributed by atoms with Gasteiger partial charge in [0.2, 0.25) is 5.88 Å². The smallest absolute Gasteiger partial charge is 0.416 e. The summed E-state index contributed by atoms with van der Waals surface area (Å²) in [6.45, 7) is 2.09. The average Bonchev–Trinajstić information content (AvgIpc) is 2.46. The molecule has 2 unspecified atom stereocenters. The molecule has 1 aliphatic rings. The molecule has 1 N–H and O–H groups in total. The van der Waals surface area contributed by atoms with Gasteiger partial charge in [-0.2, -0.15) is 18.2 Å². The van der Waals surface area contributed by atoms with Crippen LogP contribution in [-0.4, -0.2) is 18.1 Å². The third-order valence-corrected chi connectivity index (χ3v) is 4.02. The van der Waals surface area contributed by atoms with Crippen molar-refractivity contribution in [3.05, 3.63) is 17.7 Å². The standard InChI is InChI=1S/C15H21F3N2O/c1-3-10-6-4-5-7-12(10)21-14-9-11(15(16,17)18)8-13(19-2)20-14/h8-10,12H,3-7H2,1-2H3,(H,19,20). The molecular formula is C15H21F3N2O. The summed E-state index contributed by atoms with van der Waals surface area (Å²) in [4.78, 5) is 4.09. The van der Waals surface area contributed by atoms with Gasteiger partial charge < -0.3 is 10.1 Å². The number of nitrogens with one attached hydrogen (secondary N) is 1. The molecule has 0 aromatic carbocycles. The third kappa shape index (κ3) is 4.02. The van der Waals surface area contributed by atoms with Crippen LogP contribution in [-0.2, 0) is 6.18 Å². The summed E-state index contributed by atoms with van der Waals surface area (Å²) in [5.41, 5.74) is -0.735. The quantitative estimate of drug-likeness (QED) is 0.890. The van der Waals surface area contributed by atoms with Gasteiger partial charge in [-0.1, -0.05) is 13.3 Å². The summed E-state index contributed by atoms with van der Waals surface area (Å²) >= 11 is 0. The molecule has 2 rings (SSSR count). The minimum absolute atomic E-state index is 0.0376. The Kier molecular flexibility index (Phi) is 4.96. The summed E-state index contributed by atoms with van der Waals surface area (Å²) in [6.07, 6.45) is 0.704. The van der Waals surface area contributed by atoms with Crippen molar-refractivity contribution in [2.45, 2.75) is 51.3 Å². The van der Waals surface area contributed by atoms with E-state index in [4.69, 9.17) is 4.74 Å². The molecule has 1 aromatic heterocycles. The highest BCUT2D eigenvalue weighted by molar-refractivity contribution is 5.42. The van der Waals surface area contributed by atoms with E-state index in [9.17, 15) is 13.2 Å². The van der Waals surface area contributed by atoms with Gasteiger partial charge in [-0.3, -0.25) is 0 Å². The summed E-state index contributed by atoms with van der Waals surface area (Å²) in [5, 5.41) is 2.65. The maximum atomic E-state index is 12.9. The SMILES string of the molecule is CCC1CCCCC1Oc1cc(C(F)(F)F)cc(NC)n1. The Labute approximate surface area is 122 Å². The Balaban J connectivity index is 2.22. The van der Waals surface area contributed by atoms with Crippen LogP contribution in [0.1, 0.15) is 44.6 Å². The fourth-order valence-electron chi connectivity index (χ4n) is 2.81. The number of aromatic nitrogens is 1. The van der Waals surface area contributed by atoms with Crippen LogP contribution >= 0.6 is 0 Å². The van der Waals surface area contributed by atoms with Crippen molar-refractivity contribution >= 4 is 5.82 Å². The van der Waals surface area contributed by atoms with Crippen LogP contribution in [0.3, 0.4) is 0 Å².